The molecule has 0 fully saturated rings. The zero-order chi connectivity index (χ0) is 18.0. The number of carbonyl (C=O) groups is 1. The van der Waals surface area contributed by atoms with Crippen LogP contribution < -0.4 is 5.32 Å². The van der Waals surface area contributed by atoms with Crippen molar-refractivity contribution in [2.75, 3.05) is 5.32 Å². The van der Waals surface area contributed by atoms with Gasteiger partial charge in [-0.3, -0.25) is 4.79 Å². The molecule has 3 nitrogen and oxygen atoms in total. The van der Waals surface area contributed by atoms with Gasteiger partial charge in [0.25, 0.3) is 0 Å². The fourth-order valence-corrected chi connectivity index (χ4v) is 3.61. The third-order valence-corrected chi connectivity index (χ3v) is 5.09. The van der Waals surface area contributed by atoms with Crippen molar-refractivity contribution in [2.45, 2.75) is 27.2 Å². The van der Waals surface area contributed by atoms with E-state index in [0.29, 0.717) is 0 Å². The lowest BCUT2D eigenvalue weighted by Crippen LogP contribution is -2.15. The summed E-state index contributed by atoms with van der Waals surface area (Å²) in [5.41, 5.74) is 4.60. The summed E-state index contributed by atoms with van der Waals surface area (Å²) in [5.74, 6) is -0.370. The van der Waals surface area contributed by atoms with Crippen LogP contribution in [0.1, 0.15) is 21.0 Å². The molecule has 3 rings (SSSR count). The lowest BCUT2D eigenvalue weighted by Gasteiger charge is -2.10. The number of amides is 1. The Morgan fingerprint density at radius 1 is 1.12 bits per heavy atom. The number of anilines is 1. The number of aryl methyl sites for hydroxylation is 2. The first-order valence-electron chi connectivity index (χ1n) is 8.02. The molecule has 0 atom stereocenters. The predicted molar refractivity (Wildman–Crippen MR) is 100 cm³/mol. The van der Waals surface area contributed by atoms with Gasteiger partial charge in [0.1, 0.15) is 5.82 Å². The summed E-state index contributed by atoms with van der Waals surface area (Å²) in [6.45, 7) is 5.92. The zero-order valence-electron chi connectivity index (χ0n) is 14.4. The first-order valence-corrected chi connectivity index (χ1v) is 8.84. The number of carbonyl (C=O) groups excluding carboxylic acids is 1. The van der Waals surface area contributed by atoms with Gasteiger partial charge >= 0.3 is 0 Å². The molecule has 1 N–H and O–H groups in total. The molecule has 0 aliphatic carbocycles. The molecule has 0 aliphatic heterocycles. The topological polar surface area (TPSA) is 42.0 Å². The van der Waals surface area contributed by atoms with Crippen LogP contribution in [0.3, 0.4) is 0 Å². The standard InChI is InChI=1S/C20H19FN2OS/c1-12-5-4-6-17(13(12)2)23-19(24)11-18-20(22-14(3)25-18)15-7-9-16(21)10-8-15/h4-10H,11H2,1-3H3,(H,23,24). The molecule has 0 bridgehead atoms. The van der Waals surface area contributed by atoms with E-state index in [0.717, 1.165) is 38.0 Å². The number of benzene rings is 2. The van der Waals surface area contributed by atoms with Crippen molar-refractivity contribution in [3.05, 3.63) is 69.3 Å². The Balaban J connectivity index is 1.82. The van der Waals surface area contributed by atoms with Crippen LogP contribution >= 0.6 is 11.3 Å². The van der Waals surface area contributed by atoms with Crippen LogP contribution in [0, 0.1) is 26.6 Å². The molecular formula is C20H19FN2OS. The SMILES string of the molecule is Cc1nc(-c2ccc(F)cc2)c(CC(=O)Nc2cccc(C)c2C)s1. The summed E-state index contributed by atoms with van der Waals surface area (Å²) < 4.78 is 13.1. The summed E-state index contributed by atoms with van der Waals surface area (Å²) in [7, 11) is 0. The molecule has 0 unspecified atom stereocenters. The minimum Gasteiger partial charge on any atom is -0.326 e. The van der Waals surface area contributed by atoms with Crippen LogP contribution in [-0.2, 0) is 11.2 Å². The molecule has 5 heteroatoms. The van der Waals surface area contributed by atoms with E-state index < -0.39 is 0 Å². The maximum absolute atomic E-state index is 13.1. The molecular weight excluding hydrogens is 335 g/mol. The number of hydrogen-bond acceptors (Lipinski definition) is 3. The minimum atomic E-state index is -0.287. The third kappa shape index (κ3) is 3.94. The Hall–Kier alpha value is -2.53. The molecule has 0 spiro atoms. The van der Waals surface area contributed by atoms with E-state index in [2.05, 4.69) is 10.3 Å². The molecule has 0 saturated heterocycles. The average molecular weight is 354 g/mol. The monoisotopic (exact) mass is 354 g/mol. The third-order valence-electron chi connectivity index (χ3n) is 4.12. The number of hydrogen-bond donors (Lipinski definition) is 1. The number of halogens is 1. The smallest absolute Gasteiger partial charge is 0.229 e. The van der Waals surface area contributed by atoms with Gasteiger partial charge in [0.2, 0.25) is 5.91 Å². The van der Waals surface area contributed by atoms with Gasteiger partial charge in [0.15, 0.2) is 0 Å². The highest BCUT2D eigenvalue weighted by molar-refractivity contribution is 7.12. The number of thiazole rings is 1. The van der Waals surface area contributed by atoms with Crippen LogP contribution in [-0.4, -0.2) is 10.9 Å². The van der Waals surface area contributed by atoms with E-state index in [1.807, 2.05) is 39.0 Å². The second-order valence-corrected chi connectivity index (χ2v) is 7.27. The van der Waals surface area contributed by atoms with Crippen molar-refractivity contribution in [1.82, 2.24) is 4.98 Å². The number of rotatable bonds is 4. The van der Waals surface area contributed by atoms with Gasteiger partial charge in [-0.25, -0.2) is 9.37 Å². The van der Waals surface area contributed by atoms with E-state index in [1.165, 1.54) is 23.5 Å². The molecule has 3 aromatic rings. The minimum absolute atomic E-state index is 0.0827. The number of nitrogens with zero attached hydrogens (tertiary/aromatic N) is 1. The van der Waals surface area contributed by atoms with Gasteiger partial charge < -0.3 is 5.32 Å². The van der Waals surface area contributed by atoms with Crippen molar-refractivity contribution in [3.8, 4) is 11.3 Å². The summed E-state index contributed by atoms with van der Waals surface area (Å²) >= 11 is 1.49. The molecule has 1 aromatic heterocycles. The molecule has 0 saturated carbocycles. The van der Waals surface area contributed by atoms with Crippen molar-refractivity contribution in [3.63, 3.8) is 0 Å². The van der Waals surface area contributed by atoms with Crippen LogP contribution in [0.4, 0.5) is 10.1 Å². The quantitative estimate of drug-likeness (QED) is 0.712. The average Bonchev–Trinajstić information content (AvgIpc) is 2.93. The van der Waals surface area contributed by atoms with Crippen molar-refractivity contribution in [2.24, 2.45) is 0 Å². The zero-order valence-corrected chi connectivity index (χ0v) is 15.2. The maximum atomic E-state index is 13.1. The van der Waals surface area contributed by atoms with Crippen molar-refractivity contribution < 1.29 is 9.18 Å². The Kier molecular flexibility index (Phi) is 4.95. The highest BCUT2D eigenvalue weighted by Crippen LogP contribution is 2.29. The first kappa shape index (κ1) is 17.3. The van der Waals surface area contributed by atoms with E-state index in [-0.39, 0.29) is 18.1 Å². The molecule has 1 heterocycles. The van der Waals surface area contributed by atoms with Crippen molar-refractivity contribution in [1.29, 1.82) is 0 Å². The summed E-state index contributed by atoms with van der Waals surface area (Å²) in [5, 5.41) is 3.86. The Morgan fingerprint density at radius 2 is 1.84 bits per heavy atom. The van der Waals surface area contributed by atoms with E-state index >= 15 is 0 Å². The number of nitrogens with one attached hydrogen (secondary N) is 1. The van der Waals surface area contributed by atoms with Gasteiger partial charge in [-0.05, 0) is 62.2 Å². The first-order chi connectivity index (χ1) is 11.9. The molecule has 25 heavy (non-hydrogen) atoms. The van der Waals surface area contributed by atoms with Crippen LogP contribution in [0.2, 0.25) is 0 Å². The predicted octanol–water partition coefficient (Wildman–Crippen LogP) is 5.06. The lowest BCUT2D eigenvalue weighted by molar-refractivity contribution is -0.115. The van der Waals surface area contributed by atoms with Gasteiger partial charge in [0, 0.05) is 16.1 Å². The van der Waals surface area contributed by atoms with E-state index in [9.17, 15) is 9.18 Å². The summed E-state index contributed by atoms with van der Waals surface area (Å²) in [6.07, 6.45) is 0.242. The normalized spacial score (nSPS) is 10.7. The van der Waals surface area contributed by atoms with Gasteiger partial charge in [0.05, 0.1) is 17.1 Å². The van der Waals surface area contributed by atoms with Gasteiger partial charge in [-0.1, -0.05) is 12.1 Å². The molecule has 128 valence electrons. The van der Waals surface area contributed by atoms with Crippen molar-refractivity contribution >= 4 is 22.9 Å². The lowest BCUT2D eigenvalue weighted by atomic mass is 10.1. The molecule has 1 amide bonds. The number of aromatic nitrogens is 1. The highest BCUT2D eigenvalue weighted by atomic mass is 32.1. The molecule has 0 aliphatic rings. The summed E-state index contributed by atoms with van der Waals surface area (Å²) in [6, 6.07) is 12.0. The largest absolute Gasteiger partial charge is 0.326 e. The highest BCUT2D eigenvalue weighted by Gasteiger charge is 2.15. The Bertz CT molecular complexity index is 916. The van der Waals surface area contributed by atoms with Crippen LogP contribution in [0.5, 0.6) is 0 Å². The fraction of sp³-hybridized carbons (Fsp3) is 0.200. The second kappa shape index (κ2) is 7.15. The van der Waals surface area contributed by atoms with Crippen LogP contribution in [0.25, 0.3) is 11.3 Å². The second-order valence-electron chi connectivity index (χ2n) is 5.98. The molecule has 0 radical (unpaired) electrons. The summed E-state index contributed by atoms with van der Waals surface area (Å²) in [4.78, 5) is 17.9. The van der Waals surface area contributed by atoms with E-state index in [1.54, 1.807) is 12.1 Å². The van der Waals surface area contributed by atoms with Gasteiger partial charge in [-0.15, -0.1) is 11.3 Å². The van der Waals surface area contributed by atoms with E-state index in [4.69, 9.17) is 0 Å². The van der Waals surface area contributed by atoms with Gasteiger partial charge in [-0.2, -0.15) is 0 Å². The van der Waals surface area contributed by atoms with Crippen LogP contribution in [0.15, 0.2) is 42.5 Å². The molecule has 2 aromatic carbocycles. The Morgan fingerprint density at radius 3 is 2.56 bits per heavy atom. The Labute approximate surface area is 150 Å². The fourth-order valence-electron chi connectivity index (χ4n) is 2.65. The maximum Gasteiger partial charge on any atom is 0.229 e.